The number of thiocarbonyl (C=S) groups is 1. The lowest BCUT2D eigenvalue weighted by Crippen LogP contribution is -2.27. The molecule has 1 fully saturated rings. The summed E-state index contributed by atoms with van der Waals surface area (Å²) >= 11 is 19.8. The summed E-state index contributed by atoms with van der Waals surface area (Å²) in [5, 5.41) is 0.683. The third kappa shape index (κ3) is 5.63. The van der Waals surface area contributed by atoms with E-state index in [9.17, 15) is 4.79 Å². The first-order chi connectivity index (χ1) is 15.9. The van der Waals surface area contributed by atoms with Crippen LogP contribution >= 0.6 is 67.4 Å². The highest BCUT2D eigenvalue weighted by Crippen LogP contribution is 2.39. The number of carbonyl (C=O) groups excluding carboxylic acids is 1. The van der Waals surface area contributed by atoms with Crippen molar-refractivity contribution in [1.82, 2.24) is 0 Å². The molecule has 0 spiro atoms. The highest BCUT2D eigenvalue weighted by Gasteiger charge is 2.33. The molecular formula is C24H16Br2ClNO3S2. The number of methoxy groups -OCH3 is 1. The minimum Gasteiger partial charge on any atom is -0.497 e. The van der Waals surface area contributed by atoms with E-state index in [-0.39, 0.29) is 5.91 Å². The summed E-state index contributed by atoms with van der Waals surface area (Å²) in [4.78, 5) is 15.1. The van der Waals surface area contributed by atoms with Gasteiger partial charge >= 0.3 is 0 Å². The van der Waals surface area contributed by atoms with E-state index < -0.39 is 0 Å². The van der Waals surface area contributed by atoms with Crippen LogP contribution in [0.3, 0.4) is 0 Å². The van der Waals surface area contributed by atoms with Gasteiger partial charge in [0.1, 0.15) is 18.1 Å². The van der Waals surface area contributed by atoms with E-state index in [1.54, 1.807) is 19.2 Å². The van der Waals surface area contributed by atoms with Gasteiger partial charge in [0.05, 0.1) is 26.6 Å². The van der Waals surface area contributed by atoms with Gasteiger partial charge in [-0.15, -0.1) is 0 Å². The Morgan fingerprint density at radius 3 is 2.30 bits per heavy atom. The van der Waals surface area contributed by atoms with Gasteiger partial charge in [-0.25, -0.2) is 0 Å². The summed E-state index contributed by atoms with van der Waals surface area (Å²) in [7, 11) is 1.60. The molecule has 0 unspecified atom stereocenters. The van der Waals surface area contributed by atoms with Crippen molar-refractivity contribution in [3.63, 3.8) is 0 Å². The number of nitrogens with zero attached hydrogens (tertiary/aromatic N) is 1. The topological polar surface area (TPSA) is 38.8 Å². The molecule has 4 rings (SSSR count). The number of halogens is 3. The lowest BCUT2D eigenvalue weighted by atomic mass is 10.2. The average molecular weight is 626 g/mol. The van der Waals surface area contributed by atoms with E-state index >= 15 is 0 Å². The predicted molar refractivity (Wildman–Crippen MR) is 146 cm³/mol. The van der Waals surface area contributed by atoms with Crippen molar-refractivity contribution in [3.05, 3.63) is 90.7 Å². The first-order valence-electron chi connectivity index (χ1n) is 9.64. The van der Waals surface area contributed by atoms with Crippen molar-refractivity contribution in [1.29, 1.82) is 0 Å². The van der Waals surface area contributed by atoms with E-state index in [2.05, 4.69) is 31.9 Å². The second-order valence-corrected chi connectivity index (χ2v) is 10.8. The summed E-state index contributed by atoms with van der Waals surface area (Å²) in [5.74, 6) is 1.23. The van der Waals surface area contributed by atoms with Crippen molar-refractivity contribution in [2.75, 3.05) is 12.0 Å². The predicted octanol–water partition coefficient (Wildman–Crippen LogP) is 7.86. The fourth-order valence-corrected chi connectivity index (χ4v) is 5.99. The molecule has 168 valence electrons. The number of rotatable bonds is 6. The number of hydrogen-bond acceptors (Lipinski definition) is 5. The summed E-state index contributed by atoms with van der Waals surface area (Å²) < 4.78 is 13.2. The van der Waals surface area contributed by atoms with E-state index in [4.69, 9.17) is 33.3 Å². The zero-order chi connectivity index (χ0) is 23.5. The number of carbonyl (C=O) groups is 1. The highest BCUT2D eigenvalue weighted by molar-refractivity contribution is 9.11. The molecule has 1 aliphatic rings. The van der Waals surface area contributed by atoms with Crippen molar-refractivity contribution in [2.45, 2.75) is 6.61 Å². The van der Waals surface area contributed by atoms with Gasteiger partial charge in [-0.05, 0) is 97.6 Å². The van der Waals surface area contributed by atoms with Crippen molar-refractivity contribution >= 4 is 89.4 Å². The van der Waals surface area contributed by atoms with Gasteiger partial charge in [0, 0.05) is 5.02 Å². The van der Waals surface area contributed by atoms with Crippen LogP contribution in [0.25, 0.3) is 6.08 Å². The Morgan fingerprint density at radius 2 is 1.70 bits per heavy atom. The van der Waals surface area contributed by atoms with Crippen LogP contribution < -0.4 is 14.4 Å². The van der Waals surface area contributed by atoms with Crippen LogP contribution in [0.1, 0.15) is 11.1 Å². The molecule has 0 bridgehead atoms. The largest absolute Gasteiger partial charge is 0.497 e. The van der Waals surface area contributed by atoms with Gasteiger partial charge in [-0.3, -0.25) is 9.69 Å². The van der Waals surface area contributed by atoms with E-state index in [1.807, 2.05) is 54.6 Å². The SMILES string of the molecule is COc1ccc(N2C(=O)/C(=C/c3cc(Br)c(OCc4ccc(Cl)cc4)c(Br)c3)SC2=S)cc1. The third-order valence-corrected chi connectivity index (χ3v) is 7.47. The Labute approximate surface area is 223 Å². The summed E-state index contributed by atoms with van der Waals surface area (Å²) in [6.45, 7) is 0.397. The molecule has 0 radical (unpaired) electrons. The van der Waals surface area contributed by atoms with Gasteiger partial charge in [-0.1, -0.05) is 47.7 Å². The molecule has 9 heteroatoms. The molecule has 3 aromatic rings. The zero-order valence-corrected chi connectivity index (χ0v) is 22.7. The first-order valence-corrected chi connectivity index (χ1v) is 12.8. The first kappa shape index (κ1) is 24.3. The number of benzene rings is 3. The van der Waals surface area contributed by atoms with E-state index in [0.29, 0.717) is 38.0 Å². The standard InChI is InChI=1S/C24H16Br2ClNO3S2/c1-30-18-8-6-17(7-9-18)28-23(29)21(33-24(28)32)12-15-10-19(25)22(20(26)11-15)31-13-14-2-4-16(27)5-3-14/h2-12H,13H2,1H3/b21-12-. The highest BCUT2D eigenvalue weighted by atomic mass is 79.9. The normalized spacial score (nSPS) is 14.8. The van der Waals surface area contributed by atoms with Gasteiger partial charge in [-0.2, -0.15) is 0 Å². The van der Waals surface area contributed by atoms with Crippen LogP contribution in [0, 0.1) is 0 Å². The smallest absolute Gasteiger partial charge is 0.270 e. The fourth-order valence-electron chi connectivity index (χ4n) is 3.11. The summed E-state index contributed by atoms with van der Waals surface area (Å²) in [6.07, 6.45) is 1.82. The number of ether oxygens (including phenoxy) is 2. The molecule has 1 heterocycles. The maximum atomic E-state index is 13.1. The third-order valence-electron chi connectivity index (χ3n) is 4.74. The van der Waals surface area contributed by atoms with Gasteiger partial charge in [0.15, 0.2) is 4.32 Å². The van der Waals surface area contributed by atoms with Crippen LogP contribution in [0.2, 0.25) is 5.02 Å². The van der Waals surface area contributed by atoms with Crippen LogP contribution in [0.5, 0.6) is 11.5 Å². The minimum absolute atomic E-state index is 0.162. The molecule has 0 N–H and O–H groups in total. The maximum absolute atomic E-state index is 13.1. The Balaban J connectivity index is 1.53. The van der Waals surface area contributed by atoms with Crippen LogP contribution in [-0.4, -0.2) is 17.3 Å². The molecule has 0 aliphatic carbocycles. The molecule has 3 aromatic carbocycles. The van der Waals surface area contributed by atoms with Crippen molar-refractivity contribution in [2.24, 2.45) is 0 Å². The Morgan fingerprint density at radius 1 is 1.06 bits per heavy atom. The summed E-state index contributed by atoms with van der Waals surface area (Å²) in [5.41, 5.74) is 2.54. The molecule has 0 aromatic heterocycles. The number of amides is 1. The lowest BCUT2D eigenvalue weighted by Gasteiger charge is -2.14. The van der Waals surface area contributed by atoms with Crippen LogP contribution in [0.4, 0.5) is 5.69 Å². The van der Waals surface area contributed by atoms with Crippen molar-refractivity contribution < 1.29 is 14.3 Å². The number of hydrogen-bond donors (Lipinski definition) is 0. The number of thioether (sulfide) groups is 1. The van der Waals surface area contributed by atoms with Gasteiger partial charge < -0.3 is 9.47 Å². The molecule has 1 amide bonds. The number of anilines is 1. The maximum Gasteiger partial charge on any atom is 0.270 e. The quantitative estimate of drug-likeness (QED) is 0.206. The molecule has 1 aliphatic heterocycles. The molecule has 0 saturated carbocycles. The second kappa shape index (κ2) is 10.6. The van der Waals surface area contributed by atoms with Gasteiger partial charge in [0.2, 0.25) is 0 Å². The molecule has 1 saturated heterocycles. The zero-order valence-electron chi connectivity index (χ0n) is 17.2. The monoisotopic (exact) mass is 623 g/mol. The van der Waals surface area contributed by atoms with E-state index in [1.165, 1.54) is 16.7 Å². The Hall–Kier alpha value is -1.84. The Kier molecular flexibility index (Phi) is 7.81. The minimum atomic E-state index is -0.162. The molecule has 33 heavy (non-hydrogen) atoms. The van der Waals surface area contributed by atoms with Crippen LogP contribution in [-0.2, 0) is 11.4 Å². The lowest BCUT2D eigenvalue weighted by molar-refractivity contribution is -0.113. The second-order valence-electron chi connectivity index (χ2n) is 6.94. The van der Waals surface area contributed by atoms with Crippen molar-refractivity contribution in [3.8, 4) is 11.5 Å². The Bertz CT molecular complexity index is 1220. The summed E-state index contributed by atoms with van der Waals surface area (Å²) in [6, 6.07) is 18.5. The van der Waals surface area contributed by atoms with Crippen LogP contribution in [0.15, 0.2) is 74.5 Å². The van der Waals surface area contributed by atoms with E-state index in [0.717, 1.165) is 20.1 Å². The molecule has 4 nitrogen and oxygen atoms in total. The fraction of sp³-hybridized carbons (Fsp3) is 0.0833. The average Bonchev–Trinajstić information content (AvgIpc) is 3.07. The molecular weight excluding hydrogens is 610 g/mol. The van der Waals surface area contributed by atoms with Gasteiger partial charge in [0.25, 0.3) is 5.91 Å². The molecule has 0 atom stereocenters.